The first-order valence-corrected chi connectivity index (χ1v) is 10.2. The number of sulfone groups is 1. The number of H-pyrrole nitrogens is 1. The molecule has 1 aliphatic heterocycles. The van der Waals surface area contributed by atoms with Crippen molar-refractivity contribution < 1.29 is 35.9 Å². The second-order valence-electron chi connectivity index (χ2n) is 6.33. The maximum absolute atomic E-state index is 12.5. The van der Waals surface area contributed by atoms with Gasteiger partial charge < -0.3 is 14.5 Å². The Balaban J connectivity index is 1.66. The molecule has 0 bridgehead atoms. The molecule has 3 rings (SSSR count). The van der Waals surface area contributed by atoms with Gasteiger partial charge in [-0.25, -0.2) is 8.42 Å². The normalized spacial score (nSPS) is 15.6. The van der Waals surface area contributed by atoms with Gasteiger partial charge in [0.25, 0.3) is 5.91 Å². The zero-order valence-electron chi connectivity index (χ0n) is 15.4. The number of carbonyl (C=O) groups is 1. The Labute approximate surface area is 169 Å². The van der Waals surface area contributed by atoms with E-state index >= 15 is 0 Å². The van der Waals surface area contributed by atoms with Crippen LogP contribution in [-0.2, 0) is 19.4 Å². The van der Waals surface area contributed by atoms with Gasteiger partial charge in [-0.1, -0.05) is 6.58 Å². The molecule has 2 aromatic rings. The predicted molar refractivity (Wildman–Crippen MR) is 99.0 cm³/mol. The third-order valence-corrected chi connectivity index (χ3v) is 6.51. The summed E-state index contributed by atoms with van der Waals surface area (Å²) in [5.41, 5.74) is 0.367. The van der Waals surface area contributed by atoms with Gasteiger partial charge in [0, 0.05) is 18.8 Å². The number of rotatable bonds is 6. The summed E-state index contributed by atoms with van der Waals surface area (Å²) in [6, 6.07) is 4.79. The molecule has 1 aliphatic rings. The monoisotopic (exact) mass is 446 g/mol. The number of aromatic nitrogens is 3. The standard InChI is InChI=1S/C17H17F3N4O5S/c1-10(30(26,27)13-6-8-28-9-7-13)15(25)22-16-21-14(23-24-16)11-2-4-12(5-3-11)29-17(18,19)20/h2-5,13H,1,6-9H2,(H2,21,22,23,24,25). The van der Waals surface area contributed by atoms with E-state index in [0.29, 0.717) is 5.56 Å². The number of hydrogen-bond acceptors (Lipinski definition) is 7. The molecular formula is C17H17F3N4O5S. The van der Waals surface area contributed by atoms with E-state index < -0.39 is 38.0 Å². The van der Waals surface area contributed by atoms with Crippen LogP contribution in [0.15, 0.2) is 35.7 Å². The number of benzene rings is 1. The molecule has 0 radical (unpaired) electrons. The maximum Gasteiger partial charge on any atom is 0.573 e. The molecule has 1 aromatic carbocycles. The van der Waals surface area contributed by atoms with Crippen molar-refractivity contribution in [3.63, 3.8) is 0 Å². The van der Waals surface area contributed by atoms with E-state index in [1.807, 2.05) is 0 Å². The molecule has 0 atom stereocenters. The molecule has 0 spiro atoms. The quantitative estimate of drug-likeness (QED) is 0.653. The average molecular weight is 446 g/mol. The molecule has 9 nitrogen and oxygen atoms in total. The van der Waals surface area contributed by atoms with Gasteiger partial charge in [-0.2, -0.15) is 0 Å². The van der Waals surface area contributed by atoms with Crippen LogP contribution < -0.4 is 10.1 Å². The number of alkyl halides is 3. The van der Waals surface area contributed by atoms with Gasteiger partial charge in [0.15, 0.2) is 15.7 Å². The number of anilines is 1. The lowest BCUT2D eigenvalue weighted by molar-refractivity contribution is -0.274. The third kappa shape index (κ3) is 5.16. The largest absolute Gasteiger partial charge is 0.573 e. The first kappa shape index (κ1) is 21.8. The van der Waals surface area contributed by atoms with Crippen LogP contribution in [0, 0.1) is 0 Å². The maximum atomic E-state index is 12.5. The van der Waals surface area contributed by atoms with Crippen molar-refractivity contribution in [1.29, 1.82) is 0 Å². The highest BCUT2D eigenvalue weighted by molar-refractivity contribution is 7.96. The first-order valence-electron chi connectivity index (χ1n) is 8.67. The van der Waals surface area contributed by atoms with E-state index in [1.54, 1.807) is 0 Å². The summed E-state index contributed by atoms with van der Waals surface area (Å²) in [5.74, 6) is -1.37. The van der Waals surface area contributed by atoms with Crippen LogP contribution in [0.25, 0.3) is 11.4 Å². The topological polar surface area (TPSA) is 123 Å². The van der Waals surface area contributed by atoms with Crippen molar-refractivity contribution in [3.05, 3.63) is 35.7 Å². The van der Waals surface area contributed by atoms with Crippen LogP contribution in [0.3, 0.4) is 0 Å². The van der Waals surface area contributed by atoms with Crippen molar-refractivity contribution in [2.75, 3.05) is 18.5 Å². The van der Waals surface area contributed by atoms with Crippen LogP contribution in [0.2, 0.25) is 0 Å². The van der Waals surface area contributed by atoms with Crippen molar-refractivity contribution in [1.82, 2.24) is 15.2 Å². The van der Waals surface area contributed by atoms with Gasteiger partial charge in [0.1, 0.15) is 10.7 Å². The lowest BCUT2D eigenvalue weighted by Gasteiger charge is -2.22. The summed E-state index contributed by atoms with van der Waals surface area (Å²) in [5, 5.41) is 8.99. The molecule has 1 amide bonds. The lowest BCUT2D eigenvalue weighted by Crippen LogP contribution is -2.33. The molecular weight excluding hydrogens is 429 g/mol. The highest BCUT2D eigenvalue weighted by Gasteiger charge is 2.34. The molecule has 0 saturated carbocycles. The molecule has 162 valence electrons. The van der Waals surface area contributed by atoms with Crippen LogP contribution in [0.4, 0.5) is 19.1 Å². The van der Waals surface area contributed by atoms with Gasteiger partial charge in [-0.05, 0) is 37.1 Å². The molecule has 30 heavy (non-hydrogen) atoms. The third-order valence-electron chi connectivity index (χ3n) is 4.28. The first-order chi connectivity index (χ1) is 14.1. The Morgan fingerprint density at radius 3 is 2.43 bits per heavy atom. The second kappa shape index (κ2) is 8.44. The van der Waals surface area contributed by atoms with Gasteiger partial charge in [0.05, 0.1) is 5.25 Å². The Bertz CT molecular complexity index is 1030. The van der Waals surface area contributed by atoms with Crippen LogP contribution in [-0.4, -0.2) is 54.3 Å². The number of hydrogen-bond donors (Lipinski definition) is 2. The number of aromatic amines is 1. The Morgan fingerprint density at radius 2 is 1.83 bits per heavy atom. The molecule has 1 saturated heterocycles. The van der Waals surface area contributed by atoms with Gasteiger partial charge in [0.2, 0.25) is 5.95 Å². The van der Waals surface area contributed by atoms with Gasteiger partial charge >= 0.3 is 6.36 Å². The minimum Gasteiger partial charge on any atom is -0.406 e. The highest BCUT2D eigenvalue weighted by atomic mass is 32.2. The molecule has 2 heterocycles. The summed E-state index contributed by atoms with van der Waals surface area (Å²) >= 11 is 0. The molecule has 2 N–H and O–H groups in total. The number of nitrogens with one attached hydrogen (secondary N) is 2. The highest BCUT2D eigenvalue weighted by Crippen LogP contribution is 2.26. The average Bonchev–Trinajstić information content (AvgIpc) is 3.15. The SMILES string of the molecule is C=C(C(=O)Nc1nnc(-c2ccc(OC(F)(F)F)cc2)[nH]1)S(=O)(=O)C1CCOCC1. The van der Waals surface area contributed by atoms with Crippen molar-refractivity contribution in [3.8, 4) is 17.1 Å². The summed E-state index contributed by atoms with van der Waals surface area (Å²) in [4.78, 5) is 14.3. The number of amides is 1. The summed E-state index contributed by atoms with van der Waals surface area (Å²) < 4.78 is 70.6. The van der Waals surface area contributed by atoms with Gasteiger partial charge in [-0.15, -0.1) is 23.4 Å². The molecule has 0 aliphatic carbocycles. The fourth-order valence-electron chi connectivity index (χ4n) is 2.76. The Kier molecular flexibility index (Phi) is 6.12. The zero-order chi connectivity index (χ0) is 21.9. The van der Waals surface area contributed by atoms with E-state index in [4.69, 9.17) is 4.74 Å². The molecule has 1 fully saturated rings. The minimum absolute atomic E-state index is 0.141. The second-order valence-corrected chi connectivity index (χ2v) is 8.58. The smallest absolute Gasteiger partial charge is 0.406 e. The molecule has 13 heteroatoms. The lowest BCUT2D eigenvalue weighted by atomic mass is 10.2. The summed E-state index contributed by atoms with van der Waals surface area (Å²) in [6.45, 7) is 3.97. The van der Waals surface area contributed by atoms with E-state index in [-0.39, 0.29) is 37.8 Å². The zero-order valence-corrected chi connectivity index (χ0v) is 16.2. The number of nitrogens with zero attached hydrogens (tertiary/aromatic N) is 2. The van der Waals surface area contributed by atoms with Crippen molar-refractivity contribution in [2.24, 2.45) is 0 Å². The van der Waals surface area contributed by atoms with Crippen molar-refractivity contribution >= 4 is 21.7 Å². The molecule has 0 unspecified atom stereocenters. The van der Waals surface area contributed by atoms with E-state index in [0.717, 1.165) is 12.1 Å². The number of carbonyl (C=O) groups excluding carboxylic acids is 1. The van der Waals surface area contributed by atoms with E-state index in [2.05, 4.69) is 31.8 Å². The van der Waals surface area contributed by atoms with E-state index in [9.17, 15) is 26.4 Å². The van der Waals surface area contributed by atoms with Gasteiger partial charge in [-0.3, -0.25) is 10.1 Å². The van der Waals surface area contributed by atoms with Crippen molar-refractivity contribution in [2.45, 2.75) is 24.5 Å². The summed E-state index contributed by atoms with van der Waals surface area (Å²) in [7, 11) is -3.90. The fourth-order valence-corrected chi connectivity index (χ4v) is 4.28. The van der Waals surface area contributed by atoms with Crippen LogP contribution >= 0.6 is 0 Å². The predicted octanol–water partition coefficient (Wildman–Crippen LogP) is 2.42. The number of halogens is 3. The Morgan fingerprint density at radius 1 is 1.20 bits per heavy atom. The number of ether oxygens (including phenoxy) is 2. The van der Waals surface area contributed by atoms with E-state index in [1.165, 1.54) is 12.1 Å². The Hall–Kier alpha value is -2.93. The molecule has 1 aromatic heterocycles. The minimum atomic E-state index is -4.81. The van der Waals surface area contributed by atoms with Crippen LogP contribution in [0.1, 0.15) is 12.8 Å². The van der Waals surface area contributed by atoms with Crippen LogP contribution in [0.5, 0.6) is 5.75 Å². The fraction of sp³-hybridized carbons (Fsp3) is 0.353. The summed E-state index contributed by atoms with van der Waals surface area (Å²) in [6.07, 6.45) is -4.26.